The minimum atomic E-state index is -1.11. The molecule has 0 saturated carbocycles. The number of hydrogen-bond donors (Lipinski definition) is 3. The third kappa shape index (κ3) is 7.03. The van der Waals surface area contributed by atoms with Gasteiger partial charge in [0.1, 0.15) is 11.3 Å². The Bertz CT molecular complexity index is 333. The highest BCUT2D eigenvalue weighted by atomic mass is 16.4. The quantitative estimate of drug-likeness (QED) is 0.616. The van der Waals surface area contributed by atoms with Gasteiger partial charge in [-0.1, -0.05) is 12.1 Å². The molecule has 0 radical (unpaired) electrons. The molecule has 84 valence electrons. The Morgan fingerprint density at radius 1 is 1.27 bits per heavy atom. The number of carbonyl (C=O) groups excluding carboxylic acids is 1. The summed E-state index contributed by atoms with van der Waals surface area (Å²) in [5.74, 6) is -2.40. The van der Waals surface area contributed by atoms with Crippen LogP contribution in [0, 0.1) is 0 Å². The summed E-state index contributed by atoms with van der Waals surface area (Å²) in [5, 5.41) is 26.2. The molecule has 0 bridgehead atoms. The van der Waals surface area contributed by atoms with Gasteiger partial charge in [-0.15, -0.1) is 0 Å². The monoisotopic (exact) mass is 215 g/mol. The summed E-state index contributed by atoms with van der Waals surface area (Å²) >= 11 is 0. The van der Waals surface area contributed by atoms with Crippen molar-refractivity contribution in [2.24, 2.45) is 0 Å². The summed E-state index contributed by atoms with van der Waals surface area (Å²) in [7, 11) is 0. The highest BCUT2D eigenvalue weighted by molar-refractivity contribution is 5.90. The van der Waals surface area contributed by atoms with Crippen molar-refractivity contribution in [3.63, 3.8) is 0 Å². The molecule has 0 fully saturated rings. The number of para-hydroxylation sites is 1. The van der Waals surface area contributed by atoms with Crippen LogP contribution >= 0.6 is 0 Å². The molecule has 0 aliphatic heterocycles. The van der Waals surface area contributed by atoms with E-state index in [1.54, 1.807) is 12.1 Å². The lowest BCUT2D eigenvalue weighted by Crippen LogP contribution is -2.16. The predicted molar refractivity (Wildman–Crippen MR) is 51.7 cm³/mol. The number of carbonyl (C=O) groups is 2. The van der Waals surface area contributed by atoms with Gasteiger partial charge in [-0.05, 0) is 19.1 Å². The molecule has 0 aliphatic carbocycles. The standard InChI is InChI=1S/C7H6O3.C2H4O2.H3N/c8-6-4-2-1-3-5(6)7(9)10;1-2(3)4;/h1-4,8H,(H,9,10);1H3,(H,3,4);1H3. The first-order chi connectivity index (χ1) is 6.45. The van der Waals surface area contributed by atoms with Crippen molar-refractivity contribution in [3.05, 3.63) is 29.8 Å². The molecule has 0 saturated heterocycles. The molecule has 1 rings (SSSR count). The SMILES string of the molecule is CC(=O)[O-].O=C(O)c1ccccc1O.[NH4+]. The molecule has 1 aromatic carbocycles. The van der Waals surface area contributed by atoms with Crippen LogP contribution in [0.4, 0.5) is 0 Å². The van der Waals surface area contributed by atoms with Crippen molar-refractivity contribution in [3.8, 4) is 5.75 Å². The van der Waals surface area contributed by atoms with Crippen LogP contribution in [0.25, 0.3) is 0 Å². The van der Waals surface area contributed by atoms with Crippen molar-refractivity contribution >= 4 is 11.9 Å². The van der Waals surface area contributed by atoms with Crippen molar-refractivity contribution in [1.29, 1.82) is 0 Å². The third-order valence-electron chi connectivity index (χ3n) is 1.13. The number of phenols is 1. The highest BCUT2D eigenvalue weighted by Crippen LogP contribution is 2.14. The Kier molecular flexibility index (Phi) is 7.53. The molecule has 0 unspecified atom stereocenters. The minimum absolute atomic E-state index is 0. The van der Waals surface area contributed by atoms with Gasteiger partial charge in [0.05, 0.1) is 0 Å². The van der Waals surface area contributed by atoms with Gasteiger partial charge in [0.2, 0.25) is 0 Å². The Balaban J connectivity index is 0. The molecule has 6 heteroatoms. The largest absolute Gasteiger partial charge is 0.550 e. The van der Waals surface area contributed by atoms with E-state index in [1.807, 2.05) is 0 Å². The van der Waals surface area contributed by atoms with Crippen LogP contribution in [0.2, 0.25) is 0 Å². The van der Waals surface area contributed by atoms with Crippen molar-refractivity contribution in [1.82, 2.24) is 6.15 Å². The third-order valence-corrected chi connectivity index (χ3v) is 1.13. The topological polar surface area (TPSA) is 134 Å². The van der Waals surface area contributed by atoms with Gasteiger partial charge >= 0.3 is 5.97 Å². The van der Waals surface area contributed by atoms with E-state index in [1.165, 1.54) is 12.1 Å². The van der Waals surface area contributed by atoms with E-state index in [2.05, 4.69) is 0 Å². The zero-order chi connectivity index (χ0) is 11.1. The van der Waals surface area contributed by atoms with Gasteiger partial charge < -0.3 is 26.3 Å². The van der Waals surface area contributed by atoms with Crippen LogP contribution in [-0.2, 0) is 4.79 Å². The molecule has 15 heavy (non-hydrogen) atoms. The van der Waals surface area contributed by atoms with Crippen LogP contribution in [0.3, 0.4) is 0 Å². The average molecular weight is 215 g/mol. The Morgan fingerprint density at radius 3 is 1.93 bits per heavy atom. The number of aromatic carboxylic acids is 1. The molecule has 0 spiro atoms. The van der Waals surface area contributed by atoms with Crippen molar-refractivity contribution in [2.45, 2.75) is 6.92 Å². The molecule has 6 N–H and O–H groups in total. The zero-order valence-electron chi connectivity index (χ0n) is 8.43. The van der Waals surface area contributed by atoms with Crippen molar-refractivity contribution in [2.75, 3.05) is 0 Å². The molecule has 6 nitrogen and oxygen atoms in total. The Hall–Kier alpha value is -2.08. The fraction of sp³-hybridized carbons (Fsp3) is 0.111. The second kappa shape index (κ2) is 7.34. The molecule has 0 aromatic heterocycles. The lowest BCUT2D eigenvalue weighted by molar-refractivity contribution is -0.302. The lowest BCUT2D eigenvalue weighted by atomic mass is 10.2. The smallest absolute Gasteiger partial charge is 0.339 e. The number of carboxylic acids is 2. The van der Waals surface area contributed by atoms with Crippen molar-refractivity contribution < 1.29 is 24.9 Å². The summed E-state index contributed by atoms with van der Waals surface area (Å²) in [5.41, 5.74) is -0.0671. The summed E-state index contributed by atoms with van der Waals surface area (Å²) in [6.07, 6.45) is 0. The molecule has 0 heterocycles. The van der Waals surface area contributed by atoms with Crippen LogP contribution < -0.4 is 11.3 Å². The van der Waals surface area contributed by atoms with E-state index in [0.717, 1.165) is 6.92 Å². The fourth-order valence-corrected chi connectivity index (χ4v) is 0.654. The molecular weight excluding hydrogens is 202 g/mol. The van der Waals surface area contributed by atoms with E-state index in [0.29, 0.717) is 0 Å². The second-order valence-corrected chi connectivity index (χ2v) is 2.31. The van der Waals surface area contributed by atoms with Gasteiger partial charge in [0.25, 0.3) is 0 Å². The van der Waals surface area contributed by atoms with Gasteiger partial charge in [0, 0.05) is 5.97 Å². The summed E-state index contributed by atoms with van der Waals surface area (Å²) < 4.78 is 0. The summed E-state index contributed by atoms with van der Waals surface area (Å²) in [6, 6.07) is 5.81. The van der Waals surface area contributed by atoms with Crippen LogP contribution in [0.15, 0.2) is 24.3 Å². The number of quaternary nitrogens is 1. The maximum absolute atomic E-state index is 10.3. The number of hydrogen-bond acceptors (Lipinski definition) is 4. The number of aliphatic carboxylic acids is 1. The molecule has 0 aliphatic rings. The van der Waals surface area contributed by atoms with Gasteiger partial charge in [0.15, 0.2) is 0 Å². The maximum atomic E-state index is 10.3. The first-order valence-corrected chi connectivity index (χ1v) is 3.64. The number of rotatable bonds is 1. The summed E-state index contributed by atoms with van der Waals surface area (Å²) in [4.78, 5) is 19.2. The van der Waals surface area contributed by atoms with E-state index >= 15 is 0 Å². The van der Waals surface area contributed by atoms with Crippen LogP contribution in [0.1, 0.15) is 17.3 Å². The van der Waals surface area contributed by atoms with E-state index in [9.17, 15) is 4.79 Å². The number of aromatic hydroxyl groups is 1. The van der Waals surface area contributed by atoms with Gasteiger partial charge in [-0.3, -0.25) is 0 Å². The first kappa shape index (κ1) is 15.4. The van der Waals surface area contributed by atoms with Crippen LogP contribution in [-0.4, -0.2) is 22.2 Å². The molecule has 0 atom stereocenters. The number of benzene rings is 1. The van der Waals surface area contributed by atoms with E-state index in [-0.39, 0.29) is 17.5 Å². The minimum Gasteiger partial charge on any atom is -0.550 e. The Morgan fingerprint density at radius 2 is 1.67 bits per heavy atom. The summed E-state index contributed by atoms with van der Waals surface area (Å²) in [6.45, 7) is 0.972. The fourth-order valence-electron chi connectivity index (χ4n) is 0.654. The van der Waals surface area contributed by atoms with E-state index < -0.39 is 11.9 Å². The second-order valence-electron chi connectivity index (χ2n) is 2.31. The lowest BCUT2D eigenvalue weighted by Gasteiger charge is -1.95. The van der Waals surface area contributed by atoms with Gasteiger partial charge in [-0.2, -0.15) is 0 Å². The van der Waals surface area contributed by atoms with Gasteiger partial charge in [-0.25, -0.2) is 4.79 Å². The molecular formula is C9H13NO5. The Labute approximate surface area is 86.4 Å². The first-order valence-electron chi connectivity index (χ1n) is 3.64. The number of carboxylic acid groups (broad SMARTS) is 2. The average Bonchev–Trinajstić information content (AvgIpc) is 2.03. The van der Waals surface area contributed by atoms with E-state index in [4.69, 9.17) is 20.1 Å². The predicted octanol–water partition coefficient (Wildman–Crippen LogP) is 0.223. The maximum Gasteiger partial charge on any atom is 0.339 e. The zero-order valence-corrected chi connectivity index (χ0v) is 8.43. The highest BCUT2D eigenvalue weighted by Gasteiger charge is 2.05. The molecule has 1 aromatic rings. The normalized spacial score (nSPS) is 7.80. The van der Waals surface area contributed by atoms with Crippen LogP contribution in [0.5, 0.6) is 5.75 Å². The molecule has 0 amide bonds.